The van der Waals surface area contributed by atoms with Gasteiger partial charge in [-0.25, -0.2) is 4.39 Å². The quantitative estimate of drug-likeness (QED) is 0.327. The smallest absolute Gasteiger partial charge is 0.303 e. The molecular weight excluding hydrogens is 471 g/mol. The highest BCUT2D eigenvalue weighted by atomic mass is 19.1. The lowest BCUT2D eigenvalue weighted by Gasteiger charge is -2.35. The number of aryl methyl sites for hydroxylation is 1. The molecule has 1 fully saturated rings. The average molecular weight is 513 g/mol. The standard InChI is InChI=1S/C30H41FN2O4/c1-4-6-24-7-5-18-33(19-20-37-27-13-11-26(36-3)12-14-27)30(24)22(2)16-17-32-25-10-8-23(28(31)21-25)9-15-29(34)35/h6,8,10-11,13-14,21,26,32H,4-5,7,9,12,15-20H2,1-3H3,(H,34,35)/b24-6-,30-22+. The van der Waals surface area contributed by atoms with Crippen molar-refractivity contribution < 1.29 is 23.8 Å². The third-order valence-electron chi connectivity index (χ3n) is 6.80. The maximum atomic E-state index is 14.4. The van der Waals surface area contributed by atoms with E-state index in [1.807, 2.05) is 18.2 Å². The number of piperidine rings is 1. The average Bonchev–Trinajstić information content (AvgIpc) is 2.89. The van der Waals surface area contributed by atoms with E-state index in [0.29, 0.717) is 24.4 Å². The van der Waals surface area contributed by atoms with E-state index in [1.54, 1.807) is 13.2 Å². The molecule has 2 N–H and O–H groups in total. The number of aliphatic carboxylic acids is 1. The molecule has 202 valence electrons. The number of halogens is 1. The van der Waals surface area contributed by atoms with Crippen molar-refractivity contribution >= 4 is 11.7 Å². The van der Waals surface area contributed by atoms with E-state index in [9.17, 15) is 9.18 Å². The molecule has 37 heavy (non-hydrogen) atoms. The SMILES string of the molecule is CC/C=C1/CCCN(CCOC2=CCC(OC)C=C2)/C1=C(\C)CCNc1ccc(CCC(=O)O)c(F)c1. The number of hydrogen-bond acceptors (Lipinski definition) is 5. The van der Waals surface area contributed by atoms with Crippen LogP contribution in [0.4, 0.5) is 10.1 Å². The van der Waals surface area contributed by atoms with Gasteiger partial charge in [-0.15, -0.1) is 0 Å². The number of rotatable bonds is 13. The highest BCUT2D eigenvalue weighted by molar-refractivity contribution is 5.67. The number of anilines is 1. The van der Waals surface area contributed by atoms with E-state index in [0.717, 1.165) is 51.0 Å². The van der Waals surface area contributed by atoms with E-state index >= 15 is 0 Å². The lowest BCUT2D eigenvalue weighted by atomic mass is 9.94. The van der Waals surface area contributed by atoms with Crippen LogP contribution in [0.1, 0.15) is 57.9 Å². The lowest BCUT2D eigenvalue weighted by Crippen LogP contribution is -2.33. The fourth-order valence-corrected chi connectivity index (χ4v) is 4.86. The van der Waals surface area contributed by atoms with E-state index in [2.05, 4.69) is 36.2 Å². The minimum atomic E-state index is -0.923. The molecule has 1 heterocycles. The number of carbonyl (C=O) groups is 1. The third kappa shape index (κ3) is 8.78. The van der Waals surface area contributed by atoms with Crippen LogP contribution >= 0.6 is 0 Å². The van der Waals surface area contributed by atoms with E-state index in [4.69, 9.17) is 14.6 Å². The second-order valence-electron chi connectivity index (χ2n) is 9.56. The Morgan fingerprint density at radius 3 is 2.84 bits per heavy atom. The van der Waals surface area contributed by atoms with Crippen molar-refractivity contribution in [3.8, 4) is 0 Å². The van der Waals surface area contributed by atoms with Crippen LogP contribution in [-0.4, -0.2) is 55.4 Å². The first kappa shape index (κ1) is 28.5. The van der Waals surface area contributed by atoms with Crippen LogP contribution in [0.5, 0.6) is 0 Å². The number of methoxy groups -OCH3 is 1. The summed E-state index contributed by atoms with van der Waals surface area (Å²) in [5, 5.41) is 12.2. The maximum absolute atomic E-state index is 14.4. The topological polar surface area (TPSA) is 71.0 Å². The van der Waals surface area contributed by atoms with Gasteiger partial charge in [0.1, 0.15) is 18.2 Å². The van der Waals surface area contributed by atoms with Crippen molar-refractivity contribution in [1.82, 2.24) is 4.90 Å². The van der Waals surface area contributed by atoms with Gasteiger partial charge in [0.05, 0.1) is 12.6 Å². The summed E-state index contributed by atoms with van der Waals surface area (Å²) in [7, 11) is 1.72. The van der Waals surface area contributed by atoms with Crippen LogP contribution in [0, 0.1) is 5.82 Å². The molecular formula is C30H41FN2O4. The van der Waals surface area contributed by atoms with E-state index < -0.39 is 5.97 Å². The van der Waals surface area contributed by atoms with Gasteiger partial charge >= 0.3 is 5.97 Å². The van der Waals surface area contributed by atoms with Crippen molar-refractivity contribution in [1.29, 1.82) is 0 Å². The van der Waals surface area contributed by atoms with Gasteiger partial charge < -0.3 is 24.8 Å². The Bertz CT molecular complexity index is 1040. The van der Waals surface area contributed by atoms with E-state index in [1.165, 1.54) is 22.9 Å². The summed E-state index contributed by atoms with van der Waals surface area (Å²) < 4.78 is 25.8. The summed E-state index contributed by atoms with van der Waals surface area (Å²) in [4.78, 5) is 13.2. The van der Waals surface area contributed by atoms with Crippen molar-refractivity contribution in [3.05, 3.63) is 76.5 Å². The first-order valence-corrected chi connectivity index (χ1v) is 13.3. The molecule has 3 rings (SSSR count). The number of hydrogen-bond donors (Lipinski definition) is 2. The van der Waals surface area contributed by atoms with Crippen LogP contribution in [0.2, 0.25) is 0 Å². The van der Waals surface area contributed by atoms with Gasteiger partial charge in [0, 0.05) is 38.0 Å². The lowest BCUT2D eigenvalue weighted by molar-refractivity contribution is -0.136. The van der Waals surface area contributed by atoms with Crippen molar-refractivity contribution in [2.75, 3.05) is 38.7 Å². The summed E-state index contributed by atoms with van der Waals surface area (Å²) in [5.74, 6) is -0.385. The molecule has 7 heteroatoms. The Morgan fingerprint density at radius 2 is 2.16 bits per heavy atom. The molecule has 0 radical (unpaired) electrons. The van der Waals surface area contributed by atoms with Crippen molar-refractivity contribution in [2.45, 2.75) is 64.9 Å². The van der Waals surface area contributed by atoms with Crippen molar-refractivity contribution in [2.24, 2.45) is 0 Å². The Kier molecular flexibility index (Phi) is 11.3. The molecule has 2 aliphatic rings. The van der Waals surface area contributed by atoms with Gasteiger partial charge in [-0.1, -0.05) is 25.1 Å². The molecule has 1 aliphatic heterocycles. The number of carboxylic acids is 1. The van der Waals surface area contributed by atoms with Crippen LogP contribution in [-0.2, 0) is 20.7 Å². The summed E-state index contributed by atoms with van der Waals surface area (Å²) in [5.41, 5.74) is 5.17. The van der Waals surface area contributed by atoms with Gasteiger partial charge in [0.25, 0.3) is 0 Å². The first-order valence-electron chi connectivity index (χ1n) is 13.3. The van der Waals surface area contributed by atoms with Crippen LogP contribution in [0.3, 0.4) is 0 Å². The van der Waals surface area contributed by atoms with Crippen LogP contribution in [0.25, 0.3) is 0 Å². The molecule has 0 aromatic heterocycles. The second-order valence-corrected chi connectivity index (χ2v) is 9.56. The van der Waals surface area contributed by atoms with Crippen molar-refractivity contribution in [3.63, 3.8) is 0 Å². The van der Waals surface area contributed by atoms with Crippen LogP contribution < -0.4 is 5.32 Å². The molecule has 6 nitrogen and oxygen atoms in total. The molecule has 1 aromatic carbocycles. The predicted octanol–water partition coefficient (Wildman–Crippen LogP) is 6.23. The Hall–Kier alpha value is -3.06. The molecule has 0 bridgehead atoms. The third-order valence-corrected chi connectivity index (χ3v) is 6.80. The summed E-state index contributed by atoms with van der Waals surface area (Å²) >= 11 is 0. The van der Waals surface area contributed by atoms with Gasteiger partial charge in [-0.2, -0.15) is 0 Å². The summed E-state index contributed by atoms with van der Waals surface area (Å²) in [6.45, 7) is 7.50. The summed E-state index contributed by atoms with van der Waals surface area (Å²) in [6.07, 6.45) is 13.6. The fourth-order valence-electron chi connectivity index (χ4n) is 4.86. The molecule has 0 amide bonds. The number of nitrogens with one attached hydrogen (secondary N) is 1. The minimum absolute atomic E-state index is 0.0752. The maximum Gasteiger partial charge on any atom is 0.303 e. The zero-order chi connectivity index (χ0) is 26.6. The highest BCUT2D eigenvalue weighted by Crippen LogP contribution is 2.31. The number of benzene rings is 1. The Balaban J connectivity index is 1.59. The zero-order valence-corrected chi connectivity index (χ0v) is 22.4. The van der Waals surface area contributed by atoms with Crippen LogP contribution in [0.15, 0.2) is 65.1 Å². The summed E-state index contributed by atoms with van der Waals surface area (Å²) in [6, 6.07) is 4.94. The Morgan fingerprint density at radius 1 is 1.32 bits per heavy atom. The largest absolute Gasteiger partial charge is 0.492 e. The van der Waals surface area contributed by atoms with E-state index in [-0.39, 0.29) is 24.8 Å². The Labute approximate surface area is 220 Å². The molecule has 1 atom stereocenters. The molecule has 1 saturated heterocycles. The molecule has 1 unspecified atom stereocenters. The number of nitrogens with zero attached hydrogens (tertiary/aromatic N) is 1. The minimum Gasteiger partial charge on any atom is -0.492 e. The number of ether oxygens (including phenoxy) is 2. The normalized spacial score (nSPS) is 20.1. The monoisotopic (exact) mass is 512 g/mol. The van der Waals surface area contributed by atoms with Gasteiger partial charge in [0.15, 0.2) is 0 Å². The second kappa shape index (κ2) is 14.6. The van der Waals surface area contributed by atoms with Gasteiger partial charge in [-0.3, -0.25) is 4.79 Å². The van der Waals surface area contributed by atoms with Gasteiger partial charge in [-0.05, 0) is 86.4 Å². The molecule has 1 aliphatic carbocycles. The number of likely N-dealkylation sites (tertiary alicyclic amines) is 1. The predicted molar refractivity (Wildman–Crippen MR) is 146 cm³/mol. The first-order chi connectivity index (χ1) is 17.9. The highest BCUT2D eigenvalue weighted by Gasteiger charge is 2.21. The number of allylic oxidation sites excluding steroid dienone is 3. The number of carboxylic acid groups (broad SMARTS) is 1. The molecule has 0 saturated carbocycles. The zero-order valence-electron chi connectivity index (χ0n) is 22.4. The molecule has 0 spiro atoms. The van der Waals surface area contributed by atoms with Gasteiger partial charge in [0.2, 0.25) is 0 Å². The molecule has 1 aromatic rings. The fraction of sp³-hybridized carbons (Fsp3) is 0.500.